The third-order valence-corrected chi connectivity index (χ3v) is 4.41. The highest BCUT2D eigenvalue weighted by atomic mass is 35.5. The summed E-state index contributed by atoms with van der Waals surface area (Å²) >= 11 is 0. The second-order valence-electron chi connectivity index (χ2n) is 6.06. The lowest BCUT2D eigenvalue weighted by Crippen LogP contribution is -2.37. The Hall–Kier alpha value is -2.05. The van der Waals surface area contributed by atoms with Crippen molar-refractivity contribution in [2.45, 2.75) is 26.1 Å². The molecule has 2 aliphatic rings. The lowest BCUT2D eigenvalue weighted by Gasteiger charge is -2.24. The minimum atomic E-state index is -0.135. The number of ether oxygens (including phenoxy) is 1. The fraction of sp³-hybridized carbons (Fsp3) is 0.412. The zero-order valence-corrected chi connectivity index (χ0v) is 14.1. The van der Waals surface area contributed by atoms with Gasteiger partial charge in [0.05, 0.1) is 30.4 Å². The number of aromatic nitrogens is 2. The molecule has 0 saturated carbocycles. The van der Waals surface area contributed by atoms with E-state index in [1.807, 2.05) is 28.9 Å². The molecule has 0 aliphatic carbocycles. The van der Waals surface area contributed by atoms with Crippen molar-refractivity contribution in [3.63, 3.8) is 0 Å². The Kier molecular flexibility index (Phi) is 5.06. The molecule has 4 rings (SSSR count). The Morgan fingerprint density at radius 3 is 3.17 bits per heavy atom. The van der Waals surface area contributed by atoms with Gasteiger partial charge in [-0.05, 0) is 24.1 Å². The third-order valence-electron chi connectivity index (χ3n) is 4.41. The van der Waals surface area contributed by atoms with Crippen LogP contribution in [0.15, 0.2) is 30.3 Å². The minimum absolute atomic E-state index is 0. The smallest absolute Gasteiger partial charge is 0.227 e. The maximum Gasteiger partial charge on any atom is 0.227 e. The Morgan fingerprint density at radius 1 is 1.42 bits per heavy atom. The van der Waals surface area contributed by atoms with Crippen LogP contribution in [0.3, 0.4) is 0 Å². The van der Waals surface area contributed by atoms with Gasteiger partial charge < -0.3 is 15.4 Å². The molecule has 1 aromatic heterocycles. The number of benzene rings is 1. The molecular weight excluding hydrogens is 328 g/mol. The van der Waals surface area contributed by atoms with Gasteiger partial charge in [0.2, 0.25) is 5.91 Å². The summed E-state index contributed by atoms with van der Waals surface area (Å²) in [5, 5.41) is 10.8. The molecule has 0 spiro atoms. The van der Waals surface area contributed by atoms with Crippen molar-refractivity contribution < 1.29 is 9.53 Å². The van der Waals surface area contributed by atoms with Crippen LogP contribution in [0.4, 0.5) is 0 Å². The monoisotopic (exact) mass is 348 g/mol. The minimum Gasteiger partial charge on any atom is -0.492 e. The summed E-state index contributed by atoms with van der Waals surface area (Å²) in [7, 11) is 0. The molecule has 1 unspecified atom stereocenters. The van der Waals surface area contributed by atoms with E-state index in [2.05, 4.69) is 21.8 Å². The fourth-order valence-corrected chi connectivity index (χ4v) is 3.16. The molecule has 1 amide bonds. The highest BCUT2D eigenvalue weighted by Crippen LogP contribution is 2.26. The van der Waals surface area contributed by atoms with Crippen LogP contribution in [0, 0.1) is 5.92 Å². The molecule has 2 aromatic rings. The van der Waals surface area contributed by atoms with Gasteiger partial charge in [-0.25, -0.2) is 0 Å². The predicted molar refractivity (Wildman–Crippen MR) is 92.2 cm³/mol. The Morgan fingerprint density at radius 2 is 2.29 bits per heavy atom. The molecule has 7 heteroatoms. The largest absolute Gasteiger partial charge is 0.492 e. The highest BCUT2D eigenvalue weighted by molar-refractivity contribution is 5.85. The number of nitrogens with zero attached hydrogens (tertiary/aromatic N) is 2. The van der Waals surface area contributed by atoms with Crippen molar-refractivity contribution in [3.05, 3.63) is 47.3 Å². The van der Waals surface area contributed by atoms with Crippen LogP contribution in [0.2, 0.25) is 0 Å². The van der Waals surface area contributed by atoms with E-state index < -0.39 is 0 Å². The molecule has 128 valence electrons. The summed E-state index contributed by atoms with van der Waals surface area (Å²) in [6, 6.07) is 9.96. The summed E-state index contributed by atoms with van der Waals surface area (Å²) in [5.74, 6) is 0.790. The highest BCUT2D eigenvalue weighted by Gasteiger charge is 2.25. The summed E-state index contributed by atoms with van der Waals surface area (Å²) in [6.07, 6.45) is 0.728. The Labute approximate surface area is 147 Å². The van der Waals surface area contributed by atoms with E-state index in [0.29, 0.717) is 13.2 Å². The first-order valence-electron chi connectivity index (χ1n) is 8.04. The van der Waals surface area contributed by atoms with Crippen molar-refractivity contribution >= 4 is 18.3 Å². The molecule has 0 fully saturated rings. The number of para-hydroxylation sites is 1. The molecule has 24 heavy (non-hydrogen) atoms. The molecule has 3 heterocycles. The lowest BCUT2D eigenvalue weighted by molar-refractivity contribution is -0.126. The zero-order chi connectivity index (χ0) is 15.6. The van der Waals surface area contributed by atoms with Crippen molar-refractivity contribution in [2.75, 3.05) is 13.2 Å². The SMILES string of the molecule is Cl.O=C(NCc1cc2n(n1)CCNC2)C1COc2ccccc2C1. The van der Waals surface area contributed by atoms with E-state index in [1.54, 1.807) is 0 Å². The van der Waals surface area contributed by atoms with Crippen LogP contribution < -0.4 is 15.4 Å². The van der Waals surface area contributed by atoms with Gasteiger partial charge in [-0.15, -0.1) is 12.4 Å². The van der Waals surface area contributed by atoms with Gasteiger partial charge in [0.1, 0.15) is 12.4 Å². The van der Waals surface area contributed by atoms with E-state index in [0.717, 1.165) is 43.1 Å². The van der Waals surface area contributed by atoms with E-state index in [9.17, 15) is 4.79 Å². The van der Waals surface area contributed by atoms with Crippen molar-refractivity contribution in [3.8, 4) is 5.75 Å². The predicted octanol–water partition coefficient (Wildman–Crippen LogP) is 1.28. The topological polar surface area (TPSA) is 68.2 Å². The number of hydrogen-bond acceptors (Lipinski definition) is 4. The van der Waals surface area contributed by atoms with Crippen LogP contribution in [-0.4, -0.2) is 28.8 Å². The van der Waals surface area contributed by atoms with Crippen LogP contribution in [0.1, 0.15) is 17.0 Å². The maximum absolute atomic E-state index is 12.4. The molecule has 2 N–H and O–H groups in total. The second-order valence-corrected chi connectivity index (χ2v) is 6.06. The van der Waals surface area contributed by atoms with Gasteiger partial charge in [0.15, 0.2) is 0 Å². The fourth-order valence-electron chi connectivity index (χ4n) is 3.16. The molecule has 1 aromatic carbocycles. The molecule has 6 nitrogen and oxygen atoms in total. The first-order valence-corrected chi connectivity index (χ1v) is 8.04. The van der Waals surface area contributed by atoms with Gasteiger partial charge >= 0.3 is 0 Å². The van der Waals surface area contributed by atoms with Crippen molar-refractivity contribution in [1.29, 1.82) is 0 Å². The zero-order valence-electron chi connectivity index (χ0n) is 13.3. The summed E-state index contributed by atoms with van der Waals surface area (Å²) in [4.78, 5) is 12.4. The number of amides is 1. The number of nitrogens with one attached hydrogen (secondary N) is 2. The molecule has 0 radical (unpaired) electrons. The standard InChI is InChI=1S/C17H20N4O2.ClH/c22-17(13-7-12-3-1-2-4-16(12)23-11-13)19-9-14-8-15-10-18-5-6-21(15)20-14;/h1-4,8,13,18H,5-7,9-11H2,(H,19,22);1H. The number of carbonyl (C=O) groups excluding carboxylic acids is 1. The van der Waals surface area contributed by atoms with Gasteiger partial charge in [0, 0.05) is 13.1 Å². The van der Waals surface area contributed by atoms with E-state index in [4.69, 9.17) is 4.74 Å². The number of rotatable bonds is 3. The first-order chi connectivity index (χ1) is 11.3. The molecule has 0 saturated heterocycles. The average Bonchev–Trinajstić information content (AvgIpc) is 3.02. The first kappa shape index (κ1) is 16.8. The Balaban J connectivity index is 0.00000169. The van der Waals surface area contributed by atoms with E-state index in [1.165, 1.54) is 5.69 Å². The van der Waals surface area contributed by atoms with Crippen LogP contribution >= 0.6 is 12.4 Å². The number of hydrogen-bond donors (Lipinski definition) is 2. The molecule has 0 bridgehead atoms. The summed E-state index contributed by atoms with van der Waals surface area (Å²) in [6.45, 7) is 3.58. The third kappa shape index (κ3) is 3.39. The molecule has 1 atom stereocenters. The number of halogens is 1. The molecule has 2 aliphatic heterocycles. The van der Waals surface area contributed by atoms with Crippen molar-refractivity contribution in [1.82, 2.24) is 20.4 Å². The summed E-state index contributed by atoms with van der Waals surface area (Å²) in [5.41, 5.74) is 3.19. The van der Waals surface area contributed by atoms with Gasteiger partial charge in [-0.3, -0.25) is 9.48 Å². The number of carbonyl (C=O) groups is 1. The van der Waals surface area contributed by atoms with Crippen LogP contribution in [-0.2, 0) is 30.8 Å². The normalized spacial score (nSPS) is 18.6. The quantitative estimate of drug-likeness (QED) is 0.876. The van der Waals surface area contributed by atoms with Crippen LogP contribution in [0.5, 0.6) is 5.75 Å². The average molecular weight is 349 g/mol. The van der Waals surface area contributed by atoms with Crippen LogP contribution in [0.25, 0.3) is 0 Å². The van der Waals surface area contributed by atoms with Gasteiger partial charge in [0.25, 0.3) is 0 Å². The summed E-state index contributed by atoms with van der Waals surface area (Å²) < 4.78 is 7.70. The van der Waals surface area contributed by atoms with Gasteiger partial charge in [-0.1, -0.05) is 18.2 Å². The lowest BCUT2D eigenvalue weighted by atomic mass is 9.96. The number of fused-ring (bicyclic) bond motifs is 2. The Bertz CT molecular complexity index is 708. The van der Waals surface area contributed by atoms with E-state index in [-0.39, 0.29) is 24.2 Å². The maximum atomic E-state index is 12.4. The van der Waals surface area contributed by atoms with Gasteiger partial charge in [-0.2, -0.15) is 5.10 Å². The molecular formula is C17H21ClN4O2. The second kappa shape index (κ2) is 7.23. The van der Waals surface area contributed by atoms with E-state index >= 15 is 0 Å². The van der Waals surface area contributed by atoms with Crippen molar-refractivity contribution in [2.24, 2.45) is 5.92 Å².